The van der Waals surface area contributed by atoms with Gasteiger partial charge >= 0.3 is 0 Å². The van der Waals surface area contributed by atoms with Crippen molar-refractivity contribution < 1.29 is 9.59 Å². The Balaban J connectivity index is 1.78. The molecule has 1 saturated heterocycles. The Morgan fingerprint density at radius 2 is 1.74 bits per heavy atom. The average molecular weight is 317 g/mol. The maximum absolute atomic E-state index is 12.0. The third-order valence-electron chi connectivity index (χ3n) is 4.05. The molecule has 0 unspecified atom stereocenters. The molecule has 1 aliphatic rings. The molecule has 1 fully saturated rings. The van der Waals surface area contributed by atoms with Crippen LogP contribution in [-0.4, -0.2) is 42.9 Å². The van der Waals surface area contributed by atoms with Crippen molar-refractivity contribution in [1.82, 2.24) is 15.5 Å². The van der Waals surface area contributed by atoms with E-state index in [4.69, 9.17) is 0 Å². The van der Waals surface area contributed by atoms with Crippen molar-refractivity contribution >= 4 is 11.8 Å². The molecule has 5 nitrogen and oxygen atoms in total. The lowest BCUT2D eigenvalue weighted by Crippen LogP contribution is -2.37. The SMILES string of the molecule is CCCNC(=O)CNC(=O)c1ccc(CN2CCCCC2)cc1. The Kier molecular flexibility index (Phi) is 7.07. The monoisotopic (exact) mass is 317 g/mol. The molecular weight excluding hydrogens is 290 g/mol. The number of amides is 2. The fourth-order valence-corrected chi connectivity index (χ4v) is 2.73. The minimum Gasteiger partial charge on any atom is -0.355 e. The predicted octanol–water partition coefficient (Wildman–Crippen LogP) is 1.93. The summed E-state index contributed by atoms with van der Waals surface area (Å²) in [5.41, 5.74) is 1.82. The normalized spacial score (nSPS) is 15.2. The van der Waals surface area contributed by atoms with Gasteiger partial charge in [0.2, 0.25) is 5.91 Å². The lowest BCUT2D eigenvalue weighted by molar-refractivity contribution is -0.120. The molecule has 2 amide bonds. The van der Waals surface area contributed by atoms with Gasteiger partial charge in [-0.25, -0.2) is 0 Å². The highest BCUT2D eigenvalue weighted by Crippen LogP contribution is 2.13. The van der Waals surface area contributed by atoms with Gasteiger partial charge in [0.15, 0.2) is 0 Å². The van der Waals surface area contributed by atoms with Crippen molar-refractivity contribution in [2.45, 2.75) is 39.2 Å². The van der Waals surface area contributed by atoms with E-state index in [1.807, 2.05) is 31.2 Å². The first-order valence-corrected chi connectivity index (χ1v) is 8.55. The van der Waals surface area contributed by atoms with Crippen LogP contribution in [0.2, 0.25) is 0 Å². The van der Waals surface area contributed by atoms with Crippen molar-refractivity contribution in [3.8, 4) is 0 Å². The van der Waals surface area contributed by atoms with Crippen molar-refractivity contribution in [2.24, 2.45) is 0 Å². The number of benzene rings is 1. The smallest absolute Gasteiger partial charge is 0.251 e. The fourth-order valence-electron chi connectivity index (χ4n) is 2.73. The topological polar surface area (TPSA) is 61.4 Å². The van der Waals surface area contributed by atoms with E-state index in [9.17, 15) is 9.59 Å². The van der Waals surface area contributed by atoms with Gasteiger partial charge in [-0.15, -0.1) is 0 Å². The lowest BCUT2D eigenvalue weighted by atomic mass is 10.1. The second-order valence-corrected chi connectivity index (χ2v) is 6.07. The first kappa shape index (κ1) is 17.5. The van der Waals surface area contributed by atoms with Crippen LogP contribution in [0.1, 0.15) is 48.5 Å². The second-order valence-electron chi connectivity index (χ2n) is 6.07. The van der Waals surface area contributed by atoms with Crippen molar-refractivity contribution in [3.63, 3.8) is 0 Å². The van der Waals surface area contributed by atoms with E-state index in [0.717, 1.165) is 26.1 Å². The number of rotatable bonds is 7. The highest BCUT2D eigenvalue weighted by molar-refractivity contribution is 5.96. The molecule has 0 spiro atoms. The molecule has 23 heavy (non-hydrogen) atoms. The van der Waals surface area contributed by atoms with E-state index in [2.05, 4.69) is 15.5 Å². The zero-order chi connectivity index (χ0) is 16.5. The zero-order valence-corrected chi connectivity index (χ0v) is 13.9. The molecule has 0 atom stereocenters. The summed E-state index contributed by atoms with van der Waals surface area (Å²) in [6.07, 6.45) is 4.78. The molecule has 0 saturated carbocycles. The van der Waals surface area contributed by atoms with E-state index in [1.54, 1.807) is 0 Å². The van der Waals surface area contributed by atoms with Gasteiger partial charge in [-0.05, 0) is 50.0 Å². The number of hydrogen-bond acceptors (Lipinski definition) is 3. The molecule has 1 heterocycles. The minimum atomic E-state index is -0.207. The van der Waals surface area contributed by atoms with Crippen molar-refractivity contribution in [2.75, 3.05) is 26.2 Å². The fraction of sp³-hybridized carbons (Fsp3) is 0.556. The molecule has 0 aromatic heterocycles. The van der Waals surface area contributed by atoms with Crippen LogP contribution in [0.5, 0.6) is 0 Å². The zero-order valence-electron chi connectivity index (χ0n) is 13.9. The molecule has 2 N–H and O–H groups in total. The van der Waals surface area contributed by atoms with Crippen LogP contribution in [0.4, 0.5) is 0 Å². The Morgan fingerprint density at radius 3 is 2.39 bits per heavy atom. The Hall–Kier alpha value is -1.88. The van der Waals surface area contributed by atoms with Crippen LogP contribution >= 0.6 is 0 Å². The number of carbonyl (C=O) groups excluding carboxylic acids is 2. The number of piperidine rings is 1. The molecule has 5 heteroatoms. The first-order chi connectivity index (χ1) is 11.2. The quantitative estimate of drug-likeness (QED) is 0.808. The molecule has 0 aliphatic carbocycles. The van der Waals surface area contributed by atoms with Gasteiger partial charge in [0, 0.05) is 18.7 Å². The highest BCUT2D eigenvalue weighted by Gasteiger charge is 2.11. The van der Waals surface area contributed by atoms with Gasteiger partial charge in [-0.2, -0.15) is 0 Å². The summed E-state index contributed by atoms with van der Waals surface area (Å²) in [4.78, 5) is 26.0. The van der Waals surface area contributed by atoms with Gasteiger partial charge in [0.05, 0.1) is 6.54 Å². The van der Waals surface area contributed by atoms with Crippen LogP contribution in [0.3, 0.4) is 0 Å². The van der Waals surface area contributed by atoms with E-state index in [0.29, 0.717) is 12.1 Å². The summed E-state index contributed by atoms with van der Waals surface area (Å²) in [6, 6.07) is 7.67. The number of nitrogens with one attached hydrogen (secondary N) is 2. The van der Waals surface area contributed by atoms with E-state index < -0.39 is 0 Å². The Bertz CT molecular complexity index is 508. The largest absolute Gasteiger partial charge is 0.355 e. The average Bonchev–Trinajstić information content (AvgIpc) is 2.59. The maximum Gasteiger partial charge on any atom is 0.251 e. The molecule has 0 radical (unpaired) electrons. The van der Waals surface area contributed by atoms with E-state index in [-0.39, 0.29) is 18.4 Å². The summed E-state index contributed by atoms with van der Waals surface area (Å²) < 4.78 is 0. The summed E-state index contributed by atoms with van der Waals surface area (Å²) in [5.74, 6) is -0.358. The van der Waals surface area contributed by atoms with Gasteiger partial charge < -0.3 is 10.6 Å². The van der Waals surface area contributed by atoms with Crippen LogP contribution in [0.25, 0.3) is 0 Å². The van der Waals surface area contributed by atoms with Crippen molar-refractivity contribution in [3.05, 3.63) is 35.4 Å². The molecule has 1 aromatic rings. The van der Waals surface area contributed by atoms with Gasteiger partial charge in [-0.1, -0.05) is 25.5 Å². The molecule has 1 aliphatic heterocycles. The number of nitrogens with zero attached hydrogens (tertiary/aromatic N) is 1. The lowest BCUT2D eigenvalue weighted by Gasteiger charge is -2.26. The Morgan fingerprint density at radius 1 is 1.04 bits per heavy atom. The predicted molar refractivity (Wildman–Crippen MR) is 91.2 cm³/mol. The van der Waals surface area contributed by atoms with E-state index >= 15 is 0 Å². The third kappa shape index (κ3) is 6.02. The van der Waals surface area contributed by atoms with Crippen LogP contribution in [0.15, 0.2) is 24.3 Å². The van der Waals surface area contributed by atoms with Gasteiger partial charge in [0.1, 0.15) is 0 Å². The Labute approximate surface area is 138 Å². The molecule has 1 aromatic carbocycles. The van der Waals surface area contributed by atoms with Crippen molar-refractivity contribution in [1.29, 1.82) is 0 Å². The van der Waals surface area contributed by atoms with Crippen LogP contribution < -0.4 is 10.6 Å². The standard InChI is InChI=1S/C18H27N3O2/c1-2-10-19-17(22)13-20-18(23)16-8-6-15(7-9-16)14-21-11-4-3-5-12-21/h6-9H,2-5,10-14H2,1H3,(H,19,22)(H,20,23). The number of carbonyl (C=O) groups is 2. The molecular formula is C18H27N3O2. The van der Waals surface area contributed by atoms with Gasteiger partial charge in [-0.3, -0.25) is 14.5 Å². The van der Waals surface area contributed by atoms with Crippen LogP contribution in [-0.2, 0) is 11.3 Å². The molecule has 0 bridgehead atoms. The van der Waals surface area contributed by atoms with Crippen LogP contribution in [0, 0.1) is 0 Å². The number of likely N-dealkylation sites (tertiary alicyclic amines) is 1. The molecule has 2 rings (SSSR count). The summed E-state index contributed by atoms with van der Waals surface area (Å²) in [5, 5.41) is 5.38. The highest BCUT2D eigenvalue weighted by atomic mass is 16.2. The third-order valence-corrected chi connectivity index (χ3v) is 4.05. The molecule has 126 valence electrons. The maximum atomic E-state index is 12.0. The van der Waals surface area contributed by atoms with E-state index in [1.165, 1.54) is 24.8 Å². The minimum absolute atomic E-state index is 0.0222. The summed E-state index contributed by atoms with van der Waals surface area (Å²) in [7, 11) is 0. The second kappa shape index (κ2) is 9.30. The summed E-state index contributed by atoms with van der Waals surface area (Å²) >= 11 is 0. The first-order valence-electron chi connectivity index (χ1n) is 8.55. The number of hydrogen-bond donors (Lipinski definition) is 2. The van der Waals surface area contributed by atoms with Gasteiger partial charge in [0.25, 0.3) is 5.91 Å². The summed E-state index contributed by atoms with van der Waals surface area (Å²) in [6.45, 7) is 5.92.